The maximum atomic E-state index is 13.0. The van der Waals surface area contributed by atoms with E-state index in [1.807, 2.05) is 0 Å². The monoisotopic (exact) mass is 350 g/mol. The van der Waals surface area contributed by atoms with Crippen LogP contribution in [0.3, 0.4) is 0 Å². The van der Waals surface area contributed by atoms with Crippen LogP contribution in [-0.4, -0.2) is 31.1 Å². The average molecular weight is 351 g/mol. The lowest BCUT2D eigenvalue weighted by molar-refractivity contribution is -0.142. The molecule has 3 rings (SSSR count). The molecule has 3 unspecified atom stereocenters. The zero-order valence-corrected chi connectivity index (χ0v) is 15.5. The molecule has 0 aromatic rings. The predicted molar refractivity (Wildman–Crippen MR) is 96.7 cm³/mol. The molecule has 3 fully saturated rings. The minimum Gasteiger partial charge on any atom is -0.469 e. The van der Waals surface area contributed by atoms with Crippen molar-refractivity contribution < 1.29 is 14.3 Å². The first-order valence-electron chi connectivity index (χ1n) is 10.2. The molecule has 142 valence electrons. The summed E-state index contributed by atoms with van der Waals surface area (Å²) in [5.74, 6) is 1.39. The molecule has 0 aromatic carbocycles. The van der Waals surface area contributed by atoms with E-state index < -0.39 is 0 Å². The molecule has 3 N–H and O–H groups in total. The molecule has 0 heterocycles. The zero-order chi connectivity index (χ0) is 17.8. The smallest absolute Gasteiger partial charge is 0.307 e. The standard InChI is InChI=1S/C20H34N2O3/c1-25-18(23)12-17(13-6-3-2-4-7-13)22-20(24)16-10-14-8-5-9-15(11-16)19(14)21/h13-17,19H,2-12,21H2,1H3,(H,22,24). The van der Waals surface area contributed by atoms with Crippen LogP contribution >= 0.6 is 0 Å². The topological polar surface area (TPSA) is 81.4 Å². The second kappa shape index (κ2) is 8.52. The van der Waals surface area contributed by atoms with Gasteiger partial charge in [0.2, 0.25) is 5.91 Å². The van der Waals surface area contributed by atoms with Crippen LogP contribution in [0.4, 0.5) is 0 Å². The lowest BCUT2D eigenvalue weighted by atomic mass is 9.65. The Labute approximate surface area is 151 Å². The highest BCUT2D eigenvalue weighted by Crippen LogP contribution is 2.42. The Kier molecular flexibility index (Phi) is 6.37. The molecular weight excluding hydrogens is 316 g/mol. The predicted octanol–water partition coefficient (Wildman–Crippen LogP) is 2.77. The molecule has 0 aliphatic heterocycles. The number of methoxy groups -OCH3 is 1. The summed E-state index contributed by atoms with van der Waals surface area (Å²) in [7, 11) is 1.42. The van der Waals surface area contributed by atoms with Crippen LogP contribution in [0.5, 0.6) is 0 Å². The molecule has 0 spiro atoms. The van der Waals surface area contributed by atoms with Crippen molar-refractivity contribution in [2.24, 2.45) is 29.4 Å². The third-order valence-electron chi connectivity index (χ3n) is 6.94. The second-order valence-corrected chi connectivity index (χ2v) is 8.49. The van der Waals surface area contributed by atoms with Crippen molar-refractivity contribution in [2.45, 2.75) is 82.7 Å². The summed E-state index contributed by atoms with van der Waals surface area (Å²) in [4.78, 5) is 24.8. The number of nitrogens with one attached hydrogen (secondary N) is 1. The van der Waals surface area contributed by atoms with Gasteiger partial charge in [-0.15, -0.1) is 0 Å². The molecule has 3 atom stereocenters. The van der Waals surface area contributed by atoms with Gasteiger partial charge in [0.25, 0.3) is 0 Å². The van der Waals surface area contributed by atoms with Gasteiger partial charge in [-0.1, -0.05) is 25.7 Å². The molecule has 0 aromatic heterocycles. The van der Waals surface area contributed by atoms with Crippen molar-refractivity contribution in [1.82, 2.24) is 5.32 Å². The Bertz CT molecular complexity index is 462. The van der Waals surface area contributed by atoms with Crippen LogP contribution in [0.1, 0.15) is 70.6 Å². The highest BCUT2D eigenvalue weighted by molar-refractivity contribution is 5.80. The molecule has 5 heteroatoms. The van der Waals surface area contributed by atoms with E-state index in [9.17, 15) is 9.59 Å². The molecule has 5 nitrogen and oxygen atoms in total. The Hall–Kier alpha value is -1.10. The SMILES string of the molecule is COC(=O)CC(NC(=O)C1CC2CCCC(C1)C2N)C1CCCCC1. The Balaban J connectivity index is 1.62. The van der Waals surface area contributed by atoms with Gasteiger partial charge in [0, 0.05) is 18.0 Å². The van der Waals surface area contributed by atoms with Gasteiger partial charge in [0.1, 0.15) is 0 Å². The normalized spacial score (nSPS) is 34.2. The van der Waals surface area contributed by atoms with Crippen molar-refractivity contribution in [3.63, 3.8) is 0 Å². The van der Waals surface area contributed by atoms with Gasteiger partial charge in [0.05, 0.1) is 13.5 Å². The summed E-state index contributed by atoms with van der Waals surface area (Å²) in [6.45, 7) is 0. The molecule has 25 heavy (non-hydrogen) atoms. The maximum absolute atomic E-state index is 13.0. The van der Waals surface area contributed by atoms with Crippen molar-refractivity contribution in [1.29, 1.82) is 0 Å². The first-order valence-corrected chi connectivity index (χ1v) is 10.2. The van der Waals surface area contributed by atoms with E-state index in [1.54, 1.807) is 0 Å². The first kappa shape index (κ1) is 18.7. The molecule has 0 saturated heterocycles. The van der Waals surface area contributed by atoms with E-state index in [0.717, 1.165) is 38.5 Å². The number of rotatable bonds is 5. The van der Waals surface area contributed by atoms with Crippen LogP contribution in [0.2, 0.25) is 0 Å². The van der Waals surface area contributed by atoms with Gasteiger partial charge in [-0.25, -0.2) is 0 Å². The van der Waals surface area contributed by atoms with Crippen molar-refractivity contribution in [3.05, 3.63) is 0 Å². The third-order valence-corrected chi connectivity index (χ3v) is 6.94. The summed E-state index contributed by atoms with van der Waals surface area (Å²) in [6.07, 6.45) is 11.6. The summed E-state index contributed by atoms with van der Waals surface area (Å²) in [6, 6.07) is 0.206. The van der Waals surface area contributed by atoms with Crippen molar-refractivity contribution in [2.75, 3.05) is 7.11 Å². The second-order valence-electron chi connectivity index (χ2n) is 8.49. The molecular formula is C20H34N2O3. The first-order chi connectivity index (χ1) is 12.1. The third kappa shape index (κ3) is 4.55. The minimum atomic E-state index is -0.224. The molecule has 3 aliphatic carbocycles. The quantitative estimate of drug-likeness (QED) is 0.747. The molecule has 3 saturated carbocycles. The zero-order valence-electron chi connectivity index (χ0n) is 15.5. The van der Waals surface area contributed by atoms with Gasteiger partial charge in [-0.3, -0.25) is 9.59 Å². The number of carbonyl (C=O) groups is 2. The number of fused-ring (bicyclic) bond motifs is 2. The summed E-state index contributed by atoms with van der Waals surface area (Å²) in [5.41, 5.74) is 6.36. The maximum Gasteiger partial charge on any atom is 0.307 e. The average Bonchev–Trinajstić information content (AvgIpc) is 2.61. The van der Waals surface area contributed by atoms with E-state index in [2.05, 4.69) is 5.32 Å². The van der Waals surface area contributed by atoms with Gasteiger partial charge in [-0.2, -0.15) is 0 Å². The fourth-order valence-corrected chi connectivity index (χ4v) is 5.44. The van der Waals surface area contributed by atoms with Crippen LogP contribution in [0, 0.1) is 23.7 Å². The van der Waals surface area contributed by atoms with E-state index >= 15 is 0 Å². The number of amides is 1. The van der Waals surface area contributed by atoms with Crippen LogP contribution in [0.15, 0.2) is 0 Å². The summed E-state index contributed by atoms with van der Waals surface area (Å²) in [5, 5.41) is 3.25. The summed E-state index contributed by atoms with van der Waals surface area (Å²) < 4.78 is 4.87. The van der Waals surface area contributed by atoms with Gasteiger partial charge in [-0.05, 0) is 56.3 Å². The van der Waals surface area contributed by atoms with Crippen LogP contribution in [0.25, 0.3) is 0 Å². The Morgan fingerprint density at radius 1 is 1.04 bits per heavy atom. The fourth-order valence-electron chi connectivity index (χ4n) is 5.44. The van der Waals surface area contributed by atoms with E-state index in [-0.39, 0.29) is 29.9 Å². The van der Waals surface area contributed by atoms with E-state index in [4.69, 9.17) is 10.5 Å². The lowest BCUT2D eigenvalue weighted by Gasteiger charge is -2.44. The molecule has 2 bridgehead atoms. The molecule has 3 aliphatic rings. The lowest BCUT2D eigenvalue weighted by Crippen LogP contribution is -2.51. The van der Waals surface area contributed by atoms with E-state index in [0.29, 0.717) is 24.2 Å². The number of esters is 1. The highest BCUT2D eigenvalue weighted by atomic mass is 16.5. The number of nitrogens with two attached hydrogens (primary N) is 1. The molecule has 1 amide bonds. The van der Waals surface area contributed by atoms with Gasteiger partial charge < -0.3 is 15.8 Å². The van der Waals surface area contributed by atoms with Crippen LogP contribution in [-0.2, 0) is 14.3 Å². The Morgan fingerprint density at radius 2 is 1.68 bits per heavy atom. The summed E-state index contributed by atoms with van der Waals surface area (Å²) >= 11 is 0. The number of hydrogen-bond acceptors (Lipinski definition) is 4. The highest BCUT2D eigenvalue weighted by Gasteiger charge is 2.41. The van der Waals surface area contributed by atoms with Crippen molar-refractivity contribution >= 4 is 11.9 Å². The van der Waals surface area contributed by atoms with Gasteiger partial charge in [0.15, 0.2) is 0 Å². The molecule has 0 radical (unpaired) electrons. The minimum absolute atomic E-state index is 0.0684. The van der Waals surface area contributed by atoms with Gasteiger partial charge >= 0.3 is 5.97 Å². The number of carbonyl (C=O) groups excluding carboxylic acids is 2. The van der Waals surface area contributed by atoms with Crippen molar-refractivity contribution in [3.8, 4) is 0 Å². The fraction of sp³-hybridized carbons (Fsp3) is 0.900. The van der Waals surface area contributed by atoms with Crippen LogP contribution < -0.4 is 11.1 Å². The van der Waals surface area contributed by atoms with E-state index in [1.165, 1.54) is 32.8 Å². The Morgan fingerprint density at radius 3 is 2.28 bits per heavy atom. The largest absolute Gasteiger partial charge is 0.469 e. The number of hydrogen-bond donors (Lipinski definition) is 2. The number of ether oxygens (including phenoxy) is 1.